The van der Waals surface area contributed by atoms with E-state index in [1.54, 1.807) is 12.3 Å². The van der Waals surface area contributed by atoms with Crippen molar-refractivity contribution in [1.29, 1.82) is 0 Å². The maximum Gasteiger partial charge on any atom is 0.305 e. The van der Waals surface area contributed by atoms with Gasteiger partial charge >= 0.3 is 5.97 Å². The number of nitrogens with zero attached hydrogens (tertiary/aromatic N) is 4. The highest BCUT2D eigenvalue weighted by molar-refractivity contribution is 5.93. The van der Waals surface area contributed by atoms with Crippen LogP contribution in [0.4, 0.5) is 15.9 Å². The first-order valence-electron chi connectivity index (χ1n) is 8.55. The van der Waals surface area contributed by atoms with Crippen molar-refractivity contribution in [2.24, 2.45) is 5.41 Å². The number of hydrogen-bond donors (Lipinski definition) is 3. The summed E-state index contributed by atoms with van der Waals surface area (Å²) in [6.07, 6.45) is 3.94. The molecule has 9 heteroatoms. The van der Waals surface area contributed by atoms with E-state index in [9.17, 15) is 9.18 Å². The first kappa shape index (κ1) is 19.2. The fraction of sp³-hybridized carbons (Fsp3) is 0.316. The van der Waals surface area contributed by atoms with Gasteiger partial charge in [-0.15, -0.1) is 0 Å². The van der Waals surface area contributed by atoms with Crippen LogP contribution in [0, 0.1) is 17.8 Å². The molecule has 0 radical (unpaired) electrons. The molecule has 0 aliphatic carbocycles. The average Bonchev–Trinajstić information content (AvgIpc) is 3.04. The monoisotopic (exact) mass is 382 g/mol. The molecule has 0 saturated carbocycles. The van der Waals surface area contributed by atoms with E-state index in [1.165, 1.54) is 6.20 Å². The zero-order valence-electron chi connectivity index (χ0n) is 15.6. The Labute approximate surface area is 160 Å². The lowest BCUT2D eigenvalue weighted by molar-refractivity contribution is -0.137. The normalized spacial score (nSPS) is 12.5. The number of anilines is 1. The van der Waals surface area contributed by atoms with Crippen molar-refractivity contribution in [3.05, 3.63) is 41.9 Å². The van der Waals surface area contributed by atoms with Crippen LogP contribution < -0.4 is 5.32 Å². The zero-order chi connectivity index (χ0) is 20.5. The van der Waals surface area contributed by atoms with Gasteiger partial charge in [-0.1, -0.05) is 20.8 Å². The summed E-state index contributed by atoms with van der Waals surface area (Å²) in [7, 11) is 0. The molecule has 1 atom stereocenters. The van der Waals surface area contributed by atoms with Crippen LogP contribution in [-0.4, -0.2) is 37.1 Å². The lowest BCUT2D eigenvalue weighted by atomic mass is 9.85. The van der Waals surface area contributed by atoms with Crippen molar-refractivity contribution in [3.8, 4) is 11.4 Å². The fourth-order valence-corrected chi connectivity index (χ4v) is 2.75. The maximum absolute atomic E-state index is 14.3. The molecule has 0 bridgehead atoms. The summed E-state index contributed by atoms with van der Waals surface area (Å²) in [5.74, 6) is -1.50. The Kier molecular flexibility index (Phi) is 4.96. The molecular weight excluding hydrogens is 363 g/mol. The molecule has 3 N–H and O–H groups in total. The minimum atomic E-state index is -0.989. The van der Waals surface area contributed by atoms with Crippen molar-refractivity contribution in [2.75, 3.05) is 5.32 Å². The molecule has 0 amide bonds. The summed E-state index contributed by atoms with van der Waals surface area (Å²) in [6, 6.07) is 1.12. The fourth-order valence-electron chi connectivity index (χ4n) is 2.75. The molecule has 0 spiro atoms. The number of halogens is 1. The molecule has 28 heavy (non-hydrogen) atoms. The second-order valence-electron chi connectivity index (χ2n) is 7.45. The van der Waals surface area contributed by atoms with E-state index in [1.807, 2.05) is 20.8 Å². The van der Waals surface area contributed by atoms with Gasteiger partial charge in [-0.05, 0) is 11.5 Å². The molecule has 144 valence electrons. The number of aromatic nitrogens is 4. The van der Waals surface area contributed by atoms with Gasteiger partial charge in [0.15, 0.2) is 17.5 Å². The van der Waals surface area contributed by atoms with Gasteiger partial charge in [0.1, 0.15) is 5.65 Å². The molecule has 0 aliphatic heterocycles. The third kappa shape index (κ3) is 3.91. The summed E-state index contributed by atoms with van der Waals surface area (Å²) >= 11 is 0. The number of carboxylic acids is 1. The molecule has 3 aromatic heterocycles. The number of pyridine rings is 1. The molecule has 3 rings (SSSR count). The van der Waals surface area contributed by atoms with Crippen molar-refractivity contribution >= 4 is 28.5 Å². The number of nitrogens with one attached hydrogen (secondary N) is 2. The molecule has 0 aromatic carbocycles. The number of carbonyl (C=O) groups is 1. The Morgan fingerprint density at radius 1 is 1.39 bits per heavy atom. The average molecular weight is 382 g/mol. The summed E-state index contributed by atoms with van der Waals surface area (Å²) in [4.78, 5) is 30.0. The van der Waals surface area contributed by atoms with Crippen LogP contribution in [-0.2, 0) is 4.79 Å². The van der Waals surface area contributed by atoms with Gasteiger partial charge in [-0.3, -0.25) is 9.78 Å². The topological polar surface area (TPSA) is 108 Å². The van der Waals surface area contributed by atoms with Crippen LogP contribution in [0.1, 0.15) is 27.2 Å². The SMILES string of the molecule is [C-]#[N+]c1cnc2[nH]cc(-c3ncc(F)c(N[C@H](CC(=O)O)C(C)(C)C)n3)c2c1. The van der Waals surface area contributed by atoms with E-state index in [2.05, 4.69) is 30.1 Å². The molecule has 0 aliphatic rings. The summed E-state index contributed by atoms with van der Waals surface area (Å²) in [5, 5.41) is 12.7. The number of fused-ring (bicyclic) bond motifs is 1. The van der Waals surface area contributed by atoms with Crippen LogP contribution >= 0.6 is 0 Å². The minimum absolute atomic E-state index is 0.0742. The highest BCUT2D eigenvalue weighted by atomic mass is 19.1. The van der Waals surface area contributed by atoms with Crippen molar-refractivity contribution < 1.29 is 14.3 Å². The highest BCUT2D eigenvalue weighted by Gasteiger charge is 2.28. The Bertz CT molecular complexity index is 1080. The van der Waals surface area contributed by atoms with Crippen LogP contribution in [0.5, 0.6) is 0 Å². The largest absolute Gasteiger partial charge is 0.481 e. The predicted molar refractivity (Wildman–Crippen MR) is 102 cm³/mol. The van der Waals surface area contributed by atoms with E-state index in [0.29, 0.717) is 22.3 Å². The number of H-pyrrole nitrogens is 1. The van der Waals surface area contributed by atoms with Crippen LogP contribution in [0.25, 0.3) is 27.3 Å². The zero-order valence-corrected chi connectivity index (χ0v) is 15.6. The molecular formula is C19H19FN6O2. The van der Waals surface area contributed by atoms with Gasteiger partial charge in [0.05, 0.1) is 19.2 Å². The second kappa shape index (κ2) is 7.23. The van der Waals surface area contributed by atoms with Gasteiger partial charge in [-0.2, -0.15) is 0 Å². The smallest absolute Gasteiger partial charge is 0.305 e. The molecule has 0 unspecified atom stereocenters. The van der Waals surface area contributed by atoms with Crippen LogP contribution in [0.15, 0.2) is 24.7 Å². The summed E-state index contributed by atoms with van der Waals surface area (Å²) < 4.78 is 14.3. The number of aliphatic carboxylic acids is 1. The predicted octanol–water partition coefficient (Wildman–Crippen LogP) is 4.01. The number of aromatic amines is 1. The summed E-state index contributed by atoms with van der Waals surface area (Å²) in [5.41, 5.74) is 1.05. The number of rotatable bonds is 5. The number of carboxylic acid groups (broad SMARTS) is 1. The van der Waals surface area contributed by atoms with E-state index in [0.717, 1.165) is 6.20 Å². The summed E-state index contributed by atoms with van der Waals surface area (Å²) in [6.45, 7) is 12.7. The third-order valence-electron chi connectivity index (χ3n) is 4.37. The molecule has 0 saturated heterocycles. The highest BCUT2D eigenvalue weighted by Crippen LogP contribution is 2.30. The van der Waals surface area contributed by atoms with Gasteiger partial charge in [0.25, 0.3) is 0 Å². The Hall–Kier alpha value is -3.54. The number of hydrogen-bond acceptors (Lipinski definition) is 5. The van der Waals surface area contributed by atoms with E-state index >= 15 is 0 Å². The lowest BCUT2D eigenvalue weighted by Gasteiger charge is -2.30. The maximum atomic E-state index is 14.3. The first-order valence-corrected chi connectivity index (χ1v) is 8.55. The van der Waals surface area contributed by atoms with Gasteiger partial charge < -0.3 is 15.4 Å². The molecule has 0 fully saturated rings. The van der Waals surface area contributed by atoms with Crippen molar-refractivity contribution in [3.63, 3.8) is 0 Å². The van der Waals surface area contributed by atoms with E-state index in [4.69, 9.17) is 11.7 Å². The Morgan fingerprint density at radius 3 is 2.79 bits per heavy atom. The first-order chi connectivity index (χ1) is 13.2. The van der Waals surface area contributed by atoms with Gasteiger partial charge in [0.2, 0.25) is 5.69 Å². The quantitative estimate of drug-likeness (QED) is 0.576. The van der Waals surface area contributed by atoms with Crippen molar-refractivity contribution in [2.45, 2.75) is 33.2 Å². The lowest BCUT2D eigenvalue weighted by Crippen LogP contribution is -2.36. The van der Waals surface area contributed by atoms with Gasteiger partial charge in [0, 0.05) is 29.4 Å². The minimum Gasteiger partial charge on any atom is -0.481 e. The third-order valence-corrected chi connectivity index (χ3v) is 4.37. The van der Waals surface area contributed by atoms with Crippen molar-refractivity contribution in [1.82, 2.24) is 19.9 Å². The Morgan fingerprint density at radius 2 is 2.14 bits per heavy atom. The Balaban J connectivity index is 2.02. The molecule has 3 aromatic rings. The van der Waals surface area contributed by atoms with Crippen LogP contribution in [0.3, 0.4) is 0 Å². The van der Waals surface area contributed by atoms with E-state index < -0.39 is 23.2 Å². The second-order valence-corrected chi connectivity index (χ2v) is 7.45. The molecule has 3 heterocycles. The van der Waals surface area contributed by atoms with Crippen LogP contribution in [0.2, 0.25) is 0 Å². The van der Waals surface area contributed by atoms with E-state index in [-0.39, 0.29) is 18.1 Å². The van der Waals surface area contributed by atoms with Gasteiger partial charge in [-0.25, -0.2) is 19.2 Å². The standard InChI is InChI=1S/C19H19FN6O2/c1-19(2,3)14(6-15(27)28)25-18-13(20)9-24-17(26-18)12-8-23-16-11(12)5-10(21-4)7-22-16/h5,7-9,14H,6H2,1-3H3,(H,22,23)(H,27,28)(H,24,25,26)/t14-/m1/s1. The molecule has 8 nitrogen and oxygen atoms in total.